The number of Topliss-reactive ketones (excluding diaryl/α,β-unsaturated/α-hetero) is 1. The predicted molar refractivity (Wildman–Crippen MR) is 80.9 cm³/mol. The van der Waals surface area contributed by atoms with E-state index in [9.17, 15) is 9.59 Å². The zero-order valence-electron chi connectivity index (χ0n) is 11.0. The first-order valence-electron chi connectivity index (χ1n) is 6.15. The van der Waals surface area contributed by atoms with Gasteiger partial charge in [0.15, 0.2) is 0 Å². The lowest BCUT2D eigenvalue weighted by Gasteiger charge is -2.08. The molecule has 5 heteroatoms. The predicted octanol–water partition coefficient (Wildman–Crippen LogP) is 3.24. The molecule has 0 radical (unpaired) electrons. The van der Waals surface area contributed by atoms with Crippen LogP contribution in [-0.2, 0) is 20.7 Å². The third-order valence-electron chi connectivity index (χ3n) is 2.41. The minimum absolute atomic E-state index is 0.216. The second-order valence-electron chi connectivity index (χ2n) is 3.83. The molecule has 1 rings (SSSR count). The minimum atomic E-state index is -0.775. The fourth-order valence-electron chi connectivity index (χ4n) is 1.52. The van der Waals surface area contributed by atoms with Gasteiger partial charge in [-0.1, -0.05) is 35.0 Å². The van der Waals surface area contributed by atoms with Crippen LogP contribution in [0, 0.1) is 0 Å². The Morgan fingerprint density at radius 2 is 1.89 bits per heavy atom. The van der Waals surface area contributed by atoms with Gasteiger partial charge in [-0.3, -0.25) is 4.79 Å². The molecule has 0 saturated heterocycles. The van der Waals surface area contributed by atoms with Crippen molar-refractivity contribution < 1.29 is 14.3 Å². The van der Waals surface area contributed by atoms with Crippen LogP contribution in [0.3, 0.4) is 0 Å². The Bertz CT molecular complexity index is 431. The first-order chi connectivity index (χ1) is 9.08. The highest BCUT2D eigenvalue weighted by Gasteiger charge is 2.24. The number of carbonyl (C=O) groups is 2. The first-order valence-corrected chi connectivity index (χ1v) is 8.05. The van der Waals surface area contributed by atoms with Crippen LogP contribution < -0.4 is 0 Å². The van der Waals surface area contributed by atoms with Gasteiger partial charge in [-0.05, 0) is 36.8 Å². The van der Waals surface area contributed by atoms with E-state index in [1.54, 1.807) is 18.7 Å². The molecule has 0 heterocycles. The van der Waals surface area contributed by atoms with E-state index in [1.807, 2.05) is 24.3 Å². The number of esters is 1. The van der Waals surface area contributed by atoms with Crippen LogP contribution in [0.4, 0.5) is 0 Å². The average Bonchev–Trinajstić information content (AvgIpc) is 2.40. The fraction of sp³-hybridized carbons (Fsp3) is 0.429. The molecule has 19 heavy (non-hydrogen) atoms. The summed E-state index contributed by atoms with van der Waals surface area (Å²) in [4.78, 5) is 23.7. The molecule has 1 atom stereocenters. The smallest absolute Gasteiger partial charge is 0.375 e. The molecule has 0 aliphatic rings. The van der Waals surface area contributed by atoms with Crippen molar-refractivity contribution in [3.8, 4) is 0 Å². The van der Waals surface area contributed by atoms with E-state index in [4.69, 9.17) is 4.74 Å². The van der Waals surface area contributed by atoms with Gasteiger partial charge in [0.05, 0.1) is 11.4 Å². The van der Waals surface area contributed by atoms with Crippen LogP contribution in [0.15, 0.2) is 29.2 Å². The van der Waals surface area contributed by atoms with Crippen LogP contribution in [0.5, 0.6) is 0 Å². The molecule has 104 valence electrons. The number of halogens is 1. The van der Waals surface area contributed by atoms with Crippen molar-refractivity contribution in [2.45, 2.75) is 30.0 Å². The summed E-state index contributed by atoms with van der Waals surface area (Å²) < 4.78 is 4.69. The number of alkyl halides is 1. The molecule has 1 aromatic carbocycles. The van der Waals surface area contributed by atoms with Crippen molar-refractivity contribution in [1.82, 2.24) is 0 Å². The summed E-state index contributed by atoms with van der Waals surface area (Å²) in [5.74, 6) is -0.279. The van der Waals surface area contributed by atoms with E-state index in [0.717, 1.165) is 11.3 Å². The van der Waals surface area contributed by atoms with Gasteiger partial charge in [0, 0.05) is 4.90 Å². The topological polar surface area (TPSA) is 43.4 Å². The number of ketones is 1. The zero-order chi connectivity index (χ0) is 14.3. The Labute approximate surface area is 126 Å². The van der Waals surface area contributed by atoms with E-state index >= 15 is 0 Å². The molecule has 0 aromatic heterocycles. The Balaban J connectivity index is 2.58. The van der Waals surface area contributed by atoms with Crippen molar-refractivity contribution in [1.29, 1.82) is 0 Å². The summed E-state index contributed by atoms with van der Waals surface area (Å²) >= 11 is 5.01. The summed E-state index contributed by atoms with van der Waals surface area (Å²) in [6.45, 7) is 4.00. The summed E-state index contributed by atoms with van der Waals surface area (Å²) in [6.07, 6.45) is 0.481. The van der Waals surface area contributed by atoms with Gasteiger partial charge in [0.1, 0.15) is 0 Å². The molecular formula is C14H17BrO3S. The van der Waals surface area contributed by atoms with Gasteiger partial charge in [-0.15, -0.1) is 11.8 Å². The number of rotatable bonds is 7. The molecule has 0 bridgehead atoms. The molecular weight excluding hydrogens is 328 g/mol. The van der Waals surface area contributed by atoms with E-state index < -0.39 is 16.6 Å². The van der Waals surface area contributed by atoms with E-state index in [-0.39, 0.29) is 6.61 Å². The minimum Gasteiger partial charge on any atom is -0.460 e. The first kappa shape index (κ1) is 16.2. The number of hydrogen-bond donors (Lipinski definition) is 0. The van der Waals surface area contributed by atoms with E-state index in [1.165, 1.54) is 4.90 Å². The second kappa shape index (κ2) is 8.38. The highest BCUT2D eigenvalue weighted by molar-refractivity contribution is 9.10. The third kappa shape index (κ3) is 5.37. The van der Waals surface area contributed by atoms with E-state index in [2.05, 4.69) is 22.9 Å². The summed E-state index contributed by atoms with van der Waals surface area (Å²) in [5.41, 5.74) is 1.01. The molecule has 0 saturated carbocycles. The summed E-state index contributed by atoms with van der Waals surface area (Å²) in [7, 11) is 0. The lowest BCUT2D eigenvalue weighted by Crippen LogP contribution is -2.27. The van der Waals surface area contributed by atoms with Crippen molar-refractivity contribution in [2.24, 2.45) is 0 Å². The maximum absolute atomic E-state index is 11.7. The lowest BCUT2D eigenvalue weighted by atomic mass is 10.1. The van der Waals surface area contributed by atoms with Crippen LogP contribution in [0.2, 0.25) is 0 Å². The van der Waals surface area contributed by atoms with Gasteiger partial charge in [-0.2, -0.15) is 0 Å². The van der Waals surface area contributed by atoms with Crippen LogP contribution in [0.1, 0.15) is 19.4 Å². The molecule has 0 aliphatic heterocycles. The fourth-order valence-corrected chi connectivity index (χ4v) is 2.74. The Morgan fingerprint density at radius 3 is 2.42 bits per heavy atom. The molecule has 0 amide bonds. The normalized spacial score (nSPS) is 11.9. The molecule has 1 unspecified atom stereocenters. The van der Waals surface area contributed by atoms with Crippen LogP contribution in [0.25, 0.3) is 0 Å². The zero-order valence-corrected chi connectivity index (χ0v) is 13.4. The largest absolute Gasteiger partial charge is 0.460 e. The third-order valence-corrected chi connectivity index (χ3v) is 4.04. The molecule has 1 aromatic rings. The quantitative estimate of drug-likeness (QED) is 0.329. The van der Waals surface area contributed by atoms with Gasteiger partial charge >= 0.3 is 5.97 Å². The lowest BCUT2D eigenvalue weighted by molar-refractivity contribution is -0.153. The van der Waals surface area contributed by atoms with Crippen molar-refractivity contribution >= 4 is 39.4 Å². The van der Waals surface area contributed by atoms with E-state index in [0.29, 0.717) is 6.42 Å². The second-order valence-corrected chi connectivity index (χ2v) is 6.28. The Hall–Kier alpha value is -0.810. The summed E-state index contributed by atoms with van der Waals surface area (Å²) in [5, 5.41) is 0. The van der Waals surface area contributed by atoms with Gasteiger partial charge in [-0.25, -0.2) is 4.79 Å². The molecule has 0 N–H and O–H groups in total. The Morgan fingerprint density at radius 1 is 1.26 bits per heavy atom. The van der Waals surface area contributed by atoms with Gasteiger partial charge in [0.25, 0.3) is 5.78 Å². The maximum atomic E-state index is 11.7. The standard InChI is InChI=1S/C14H17BrO3S/c1-3-18-14(17)13(16)12(15)9-10-5-7-11(8-6-10)19-4-2/h5-8,12H,3-4,9H2,1-2H3. The number of benzene rings is 1. The molecule has 0 spiro atoms. The highest BCUT2D eigenvalue weighted by Crippen LogP contribution is 2.19. The van der Waals surface area contributed by atoms with Crippen molar-refractivity contribution in [3.63, 3.8) is 0 Å². The number of thioether (sulfide) groups is 1. The molecule has 0 aliphatic carbocycles. The van der Waals surface area contributed by atoms with Crippen LogP contribution >= 0.6 is 27.7 Å². The summed E-state index contributed by atoms with van der Waals surface area (Å²) in [6, 6.07) is 8.01. The monoisotopic (exact) mass is 344 g/mol. The van der Waals surface area contributed by atoms with Gasteiger partial charge < -0.3 is 4.74 Å². The number of ether oxygens (including phenoxy) is 1. The average molecular weight is 345 g/mol. The molecule has 3 nitrogen and oxygen atoms in total. The number of carbonyl (C=O) groups excluding carboxylic acids is 2. The number of hydrogen-bond acceptors (Lipinski definition) is 4. The van der Waals surface area contributed by atoms with Gasteiger partial charge in [0.2, 0.25) is 0 Å². The molecule has 0 fully saturated rings. The van der Waals surface area contributed by atoms with Crippen molar-refractivity contribution in [3.05, 3.63) is 29.8 Å². The SMILES string of the molecule is CCOC(=O)C(=O)C(Br)Cc1ccc(SCC)cc1. The Kier molecular flexibility index (Phi) is 7.16. The van der Waals surface area contributed by atoms with Crippen molar-refractivity contribution in [2.75, 3.05) is 12.4 Å². The highest BCUT2D eigenvalue weighted by atomic mass is 79.9. The maximum Gasteiger partial charge on any atom is 0.375 e. The van der Waals surface area contributed by atoms with Crippen LogP contribution in [-0.4, -0.2) is 28.9 Å².